The molecule has 4 aromatic rings. The molecule has 0 fully saturated rings. The van der Waals surface area contributed by atoms with E-state index in [9.17, 15) is 4.79 Å². The van der Waals surface area contributed by atoms with Crippen LogP contribution in [0.25, 0.3) is 22.3 Å². The Morgan fingerprint density at radius 1 is 0.875 bits per heavy atom. The zero-order valence-electron chi connectivity index (χ0n) is 18.0. The zero-order chi connectivity index (χ0) is 22.5. The third-order valence-corrected chi connectivity index (χ3v) is 5.49. The number of nitrogens with zero attached hydrogens (tertiary/aromatic N) is 2. The van der Waals surface area contributed by atoms with Crippen LogP contribution < -0.4 is 5.32 Å². The first kappa shape index (κ1) is 21.0. The van der Waals surface area contributed by atoms with E-state index in [4.69, 9.17) is 5.26 Å². The second kappa shape index (κ2) is 9.28. The van der Waals surface area contributed by atoms with Crippen molar-refractivity contribution in [3.8, 4) is 28.3 Å². The number of benzene rings is 3. The fourth-order valence-electron chi connectivity index (χ4n) is 3.63. The lowest BCUT2D eigenvalue weighted by molar-refractivity contribution is -0.117. The van der Waals surface area contributed by atoms with Crippen LogP contribution >= 0.6 is 0 Å². The Balaban J connectivity index is 1.49. The van der Waals surface area contributed by atoms with Gasteiger partial charge in [-0.05, 0) is 78.1 Å². The van der Waals surface area contributed by atoms with Gasteiger partial charge in [-0.15, -0.1) is 0 Å². The van der Waals surface area contributed by atoms with Crippen LogP contribution in [0.15, 0.2) is 91.1 Å². The van der Waals surface area contributed by atoms with Crippen LogP contribution in [0.2, 0.25) is 0 Å². The van der Waals surface area contributed by atoms with Crippen molar-refractivity contribution in [2.75, 3.05) is 5.32 Å². The minimum Gasteiger partial charge on any atom is -0.326 e. The molecule has 0 radical (unpaired) electrons. The SMILES string of the molecule is Cc1cc(-c2ccc(NC(=O)C(C)c3cccc(-c4cccc(C#N)c4)c3)cc2)ccn1. The van der Waals surface area contributed by atoms with Gasteiger partial charge >= 0.3 is 0 Å². The second-order valence-electron chi connectivity index (χ2n) is 7.79. The summed E-state index contributed by atoms with van der Waals surface area (Å²) in [6.07, 6.45) is 1.80. The van der Waals surface area contributed by atoms with Crippen LogP contribution in [0.5, 0.6) is 0 Å². The van der Waals surface area contributed by atoms with Crippen LogP contribution in [-0.4, -0.2) is 10.9 Å². The Bertz CT molecular complexity index is 1300. The third-order valence-electron chi connectivity index (χ3n) is 5.49. The van der Waals surface area contributed by atoms with Crippen molar-refractivity contribution in [3.63, 3.8) is 0 Å². The standard InChI is InChI=1S/C28H23N3O/c1-19-15-26(13-14-30-19)22-9-11-27(12-10-22)31-28(32)20(2)23-6-4-8-25(17-23)24-7-3-5-21(16-24)18-29/h3-17,20H,1-2H3,(H,31,32). The smallest absolute Gasteiger partial charge is 0.231 e. The summed E-state index contributed by atoms with van der Waals surface area (Å²) in [6, 6.07) is 29.4. The average Bonchev–Trinajstić information content (AvgIpc) is 2.84. The lowest BCUT2D eigenvalue weighted by Crippen LogP contribution is -2.18. The normalized spacial score (nSPS) is 11.4. The van der Waals surface area contributed by atoms with Gasteiger partial charge in [0, 0.05) is 17.6 Å². The van der Waals surface area contributed by atoms with Gasteiger partial charge in [-0.25, -0.2) is 0 Å². The lowest BCUT2D eigenvalue weighted by Gasteiger charge is -2.14. The number of hydrogen-bond donors (Lipinski definition) is 1. The van der Waals surface area contributed by atoms with Crippen molar-refractivity contribution < 1.29 is 4.79 Å². The molecule has 0 saturated heterocycles. The zero-order valence-corrected chi connectivity index (χ0v) is 18.0. The number of rotatable bonds is 5. The van der Waals surface area contributed by atoms with Crippen molar-refractivity contribution >= 4 is 11.6 Å². The van der Waals surface area contributed by atoms with E-state index in [1.165, 1.54) is 0 Å². The number of aryl methyl sites for hydroxylation is 1. The van der Waals surface area contributed by atoms with Crippen molar-refractivity contribution in [1.82, 2.24) is 4.98 Å². The minimum absolute atomic E-state index is 0.0690. The van der Waals surface area contributed by atoms with E-state index in [-0.39, 0.29) is 11.8 Å². The highest BCUT2D eigenvalue weighted by Gasteiger charge is 2.16. The molecule has 1 aromatic heterocycles. The molecular formula is C28H23N3O. The monoisotopic (exact) mass is 417 g/mol. The van der Waals surface area contributed by atoms with Gasteiger partial charge in [-0.3, -0.25) is 9.78 Å². The van der Waals surface area contributed by atoms with Crippen molar-refractivity contribution in [1.29, 1.82) is 5.26 Å². The summed E-state index contributed by atoms with van der Waals surface area (Å²) in [5.74, 6) is -0.392. The fourth-order valence-corrected chi connectivity index (χ4v) is 3.63. The second-order valence-corrected chi connectivity index (χ2v) is 7.79. The molecule has 0 bridgehead atoms. The Labute approximate surface area is 188 Å². The first-order valence-corrected chi connectivity index (χ1v) is 10.5. The molecule has 0 aliphatic carbocycles. The summed E-state index contributed by atoms with van der Waals surface area (Å²) in [5.41, 5.74) is 7.38. The van der Waals surface area contributed by atoms with E-state index < -0.39 is 0 Å². The first-order chi connectivity index (χ1) is 15.5. The van der Waals surface area contributed by atoms with Gasteiger partial charge in [0.1, 0.15) is 0 Å². The summed E-state index contributed by atoms with van der Waals surface area (Å²) in [6.45, 7) is 3.86. The number of anilines is 1. The highest BCUT2D eigenvalue weighted by Crippen LogP contribution is 2.26. The molecule has 4 heteroatoms. The van der Waals surface area contributed by atoms with E-state index in [0.29, 0.717) is 5.56 Å². The van der Waals surface area contributed by atoms with Gasteiger partial charge in [-0.2, -0.15) is 5.26 Å². The van der Waals surface area contributed by atoms with Crippen LogP contribution in [0, 0.1) is 18.3 Å². The van der Waals surface area contributed by atoms with Gasteiger partial charge in [-0.1, -0.05) is 48.5 Å². The Hall–Kier alpha value is -4.23. The number of hydrogen-bond acceptors (Lipinski definition) is 3. The molecule has 4 rings (SSSR count). The molecule has 1 heterocycles. The molecule has 1 N–H and O–H groups in total. The number of aromatic nitrogens is 1. The predicted octanol–water partition coefficient (Wildman–Crippen LogP) is 6.34. The third kappa shape index (κ3) is 4.74. The van der Waals surface area contributed by atoms with Crippen LogP contribution in [0.1, 0.15) is 29.7 Å². The van der Waals surface area contributed by atoms with Gasteiger partial charge < -0.3 is 5.32 Å². The number of carbonyl (C=O) groups excluding carboxylic acids is 1. The van der Waals surface area contributed by atoms with Gasteiger partial charge in [0.2, 0.25) is 5.91 Å². The molecule has 0 spiro atoms. The lowest BCUT2D eigenvalue weighted by atomic mass is 9.95. The maximum Gasteiger partial charge on any atom is 0.231 e. The summed E-state index contributed by atoms with van der Waals surface area (Å²) < 4.78 is 0. The van der Waals surface area contributed by atoms with Crippen LogP contribution in [0.4, 0.5) is 5.69 Å². The Morgan fingerprint density at radius 2 is 1.56 bits per heavy atom. The van der Waals surface area contributed by atoms with E-state index in [1.54, 1.807) is 12.3 Å². The van der Waals surface area contributed by atoms with E-state index in [2.05, 4.69) is 16.4 Å². The van der Waals surface area contributed by atoms with E-state index >= 15 is 0 Å². The number of carbonyl (C=O) groups is 1. The molecule has 156 valence electrons. The molecule has 1 atom stereocenters. The molecule has 1 amide bonds. The van der Waals surface area contributed by atoms with Crippen molar-refractivity contribution in [2.45, 2.75) is 19.8 Å². The van der Waals surface area contributed by atoms with E-state index in [0.717, 1.165) is 39.2 Å². The number of amides is 1. The summed E-state index contributed by atoms with van der Waals surface area (Å²) in [4.78, 5) is 17.1. The quantitative estimate of drug-likeness (QED) is 0.412. The topological polar surface area (TPSA) is 65.8 Å². The van der Waals surface area contributed by atoms with Crippen LogP contribution in [-0.2, 0) is 4.79 Å². The largest absolute Gasteiger partial charge is 0.326 e. The maximum atomic E-state index is 12.9. The van der Waals surface area contributed by atoms with Gasteiger partial charge in [0.15, 0.2) is 0 Å². The number of nitrogens with one attached hydrogen (secondary N) is 1. The highest BCUT2D eigenvalue weighted by molar-refractivity contribution is 5.96. The molecule has 4 nitrogen and oxygen atoms in total. The average molecular weight is 418 g/mol. The summed E-state index contributed by atoms with van der Waals surface area (Å²) >= 11 is 0. The molecule has 0 aliphatic heterocycles. The van der Waals surface area contributed by atoms with Crippen LogP contribution in [0.3, 0.4) is 0 Å². The van der Waals surface area contributed by atoms with E-state index in [1.807, 2.05) is 92.7 Å². The predicted molar refractivity (Wildman–Crippen MR) is 128 cm³/mol. The van der Waals surface area contributed by atoms with Gasteiger partial charge in [0.25, 0.3) is 0 Å². The summed E-state index contributed by atoms with van der Waals surface area (Å²) in [7, 11) is 0. The Morgan fingerprint density at radius 3 is 2.28 bits per heavy atom. The molecule has 1 unspecified atom stereocenters. The molecule has 0 aliphatic rings. The minimum atomic E-state index is -0.323. The summed E-state index contributed by atoms with van der Waals surface area (Å²) in [5, 5.41) is 12.2. The fraction of sp³-hybridized carbons (Fsp3) is 0.107. The number of pyridine rings is 1. The molecular weight excluding hydrogens is 394 g/mol. The number of nitriles is 1. The highest BCUT2D eigenvalue weighted by atomic mass is 16.1. The molecule has 3 aromatic carbocycles. The van der Waals surface area contributed by atoms with Gasteiger partial charge in [0.05, 0.1) is 17.6 Å². The molecule has 0 saturated carbocycles. The Kier molecular flexibility index (Phi) is 6.10. The maximum absolute atomic E-state index is 12.9. The molecule has 32 heavy (non-hydrogen) atoms. The van der Waals surface area contributed by atoms with Crippen molar-refractivity contribution in [2.24, 2.45) is 0 Å². The first-order valence-electron chi connectivity index (χ1n) is 10.5. The van der Waals surface area contributed by atoms with Crippen molar-refractivity contribution in [3.05, 3.63) is 108 Å².